The molecule has 14 heavy (non-hydrogen) atoms. The molecule has 0 unspecified atom stereocenters. The summed E-state index contributed by atoms with van der Waals surface area (Å²) in [5, 5.41) is 3.45. The molecular weight excluding hydrogens is 176 g/mol. The van der Waals surface area contributed by atoms with Crippen molar-refractivity contribution < 1.29 is 4.79 Å². The molecule has 0 aromatic carbocycles. The molecule has 0 saturated carbocycles. The van der Waals surface area contributed by atoms with Crippen molar-refractivity contribution in [1.29, 1.82) is 0 Å². The summed E-state index contributed by atoms with van der Waals surface area (Å²) < 4.78 is 0. The average molecular weight is 196 g/mol. The van der Waals surface area contributed by atoms with Gasteiger partial charge in [-0.3, -0.25) is 4.79 Å². The van der Waals surface area contributed by atoms with Crippen molar-refractivity contribution in [3.05, 3.63) is 0 Å². The third-order valence-electron chi connectivity index (χ3n) is 3.27. The van der Waals surface area contributed by atoms with E-state index in [1.54, 1.807) is 0 Å². The largest absolute Gasteiger partial charge is 0.341 e. The predicted octanol–water partition coefficient (Wildman–Crippen LogP) is 1.14. The van der Waals surface area contributed by atoms with Gasteiger partial charge in [-0.05, 0) is 32.2 Å². The van der Waals surface area contributed by atoms with Crippen LogP contribution >= 0.6 is 0 Å². The third-order valence-corrected chi connectivity index (χ3v) is 3.27. The first-order chi connectivity index (χ1) is 6.86. The van der Waals surface area contributed by atoms with Crippen molar-refractivity contribution in [3.63, 3.8) is 0 Å². The molecule has 0 aromatic rings. The monoisotopic (exact) mass is 196 g/mol. The SMILES string of the molecule is O=C1CCCCCN1C[C@@H]1CCCN1. The van der Waals surface area contributed by atoms with Crippen LogP contribution in [-0.4, -0.2) is 36.5 Å². The highest BCUT2D eigenvalue weighted by molar-refractivity contribution is 5.76. The van der Waals surface area contributed by atoms with Crippen molar-refractivity contribution in [1.82, 2.24) is 10.2 Å². The van der Waals surface area contributed by atoms with E-state index in [9.17, 15) is 4.79 Å². The Bertz CT molecular complexity index is 199. The summed E-state index contributed by atoms with van der Waals surface area (Å²) in [6.07, 6.45) is 6.79. The van der Waals surface area contributed by atoms with Crippen molar-refractivity contribution in [2.24, 2.45) is 0 Å². The van der Waals surface area contributed by atoms with Crippen molar-refractivity contribution in [3.8, 4) is 0 Å². The van der Waals surface area contributed by atoms with Gasteiger partial charge in [0.05, 0.1) is 0 Å². The van der Waals surface area contributed by atoms with E-state index in [0.717, 1.165) is 32.5 Å². The standard InChI is InChI=1S/C11H20N2O/c14-11-6-2-1-3-8-13(11)9-10-5-4-7-12-10/h10,12H,1-9H2/t10-/m0/s1. The number of amides is 1. The quantitative estimate of drug-likeness (QED) is 0.718. The third kappa shape index (κ3) is 2.47. The number of hydrogen-bond donors (Lipinski definition) is 1. The van der Waals surface area contributed by atoms with E-state index in [-0.39, 0.29) is 0 Å². The van der Waals surface area contributed by atoms with E-state index >= 15 is 0 Å². The molecule has 2 saturated heterocycles. The van der Waals surface area contributed by atoms with Crippen LogP contribution in [0.4, 0.5) is 0 Å². The molecular formula is C11H20N2O. The van der Waals surface area contributed by atoms with E-state index in [1.165, 1.54) is 25.7 Å². The molecule has 0 bridgehead atoms. The molecule has 0 aliphatic carbocycles. The topological polar surface area (TPSA) is 32.3 Å². The number of nitrogens with one attached hydrogen (secondary N) is 1. The zero-order valence-electron chi connectivity index (χ0n) is 8.80. The highest BCUT2D eigenvalue weighted by atomic mass is 16.2. The minimum Gasteiger partial charge on any atom is -0.341 e. The highest BCUT2D eigenvalue weighted by Crippen LogP contribution is 2.14. The van der Waals surface area contributed by atoms with Crippen LogP contribution in [0.15, 0.2) is 0 Å². The molecule has 2 aliphatic heterocycles. The lowest BCUT2D eigenvalue weighted by Gasteiger charge is -2.24. The van der Waals surface area contributed by atoms with Gasteiger partial charge in [-0.15, -0.1) is 0 Å². The van der Waals surface area contributed by atoms with Crippen molar-refractivity contribution >= 4 is 5.91 Å². The van der Waals surface area contributed by atoms with Crippen molar-refractivity contribution in [2.75, 3.05) is 19.6 Å². The van der Waals surface area contributed by atoms with Crippen LogP contribution in [0, 0.1) is 0 Å². The van der Waals surface area contributed by atoms with E-state index in [2.05, 4.69) is 10.2 Å². The average Bonchev–Trinajstić information content (AvgIpc) is 2.60. The second kappa shape index (κ2) is 4.78. The summed E-state index contributed by atoms with van der Waals surface area (Å²) in [6.45, 7) is 3.06. The Balaban J connectivity index is 1.84. The number of rotatable bonds is 2. The maximum atomic E-state index is 11.7. The van der Waals surface area contributed by atoms with Crippen LogP contribution in [0.2, 0.25) is 0 Å². The molecule has 2 heterocycles. The van der Waals surface area contributed by atoms with Gasteiger partial charge in [0.1, 0.15) is 0 Å². The maximum Gasteiger partial charge on any atom is 0.222 e. The Morgan fingerprint density at radius 1 is 1.29 bits per heavy atom. The molecule has 1 atom stereocenters. The van der Waals surface area contributed by atoms with Crippen molar-refractivity contribution in [2.45, 2.75) is 44.6 Å². The predicted molar refractivity (Wildman–Crippen MR) is 56.1 cm³/mol. The van der Waals surface area contributed by atoms with Gasteiger partial charge < -0.3 is 10.2 Å². The molecule has 2 aliphatic rings. The maximum absolute atomic E-state index is 11.7. The van der Waals surface area contributed by atoms with E-state index in [1.807, 2.05) is 0 Å². The van der Waals surface area contributed by atoms with Gasteiger partial charge in [0, 0.05) is 25.6 Å². The molecule has 2 rings (SSSR count). The molecule has 3 heteroatoms. The van der Waals surface area contributed by atoms with Gasteiger partial charge in [0.15, 0.2) is 0 Å². The Labute approximate surface area is 85.8 Å². The summed E-state index contributed by atoms with van der Waals surface area (Å²) >= 11 is 0. The molecule has 1 N–H and O–H groups in total. The molecule has 2 fully saturated rings. The first-order valence-electron chi connectivity index (χ1n) is 5.87. The second-order valence-electron chi connectivity index (χ2n) is 4.44. The molecule has 3 nitrogen and oxygen atoms in total. The first kappa shape index (κ1) is 9.97. The summed E-state index contributed by atoms with van der Waals surface area (Å²) in [5.74, 6) is 0.371. The Kier molecular flexibility index (Phi) is 3.40. The number of carbonyl (C=O) groups is 1. The summed E-state index contributed by atoms with van der Waals surface area (Å²) in [6, 6.07) is 0.567. The van der Waals surface area contributed by atoms with Gasteiger partial charge in [-0.25, -0.2) is 0 Å². The lowest BCUT2D eigenvalue weighted by molar-refractivity contribution is -0.131. The minimum atomic E-state index is 0.371. The molecule has 0 radical (unpaired) electrons. The Morgan fingerprint density at radius 2 is 2.21 bits per heavy atom. The van der Waals surface area contributed by atoms with Gasteiger partial charge in [0.2, 0.25) is 5.91 Å². The van der Waals surface area contributed by atoms with Crippen LogP contribution < -0.4 is 5.32 Å². The fraction of sp³-hybridized carbons (Fsp3) is 0.909. The van der Waals surface area contributed by atoms with Gasteiger partial charge in [-0.1, -0.05) is 6.42 Å². The fourth-order valence-corrected chi connectivity index (χ4v) is 2.41. The van der Waals surface area contributed by atoms with Gasteiger partial charge in [0.25, 0.3) is 0 Å². The molecule has 1 amide bonds. The number of likely N-dealkylation sites (tertiary alicyclic amines) is 1. The summed E-state index contributed by atoms with van der Waals surface area (Å²) in [7, 11) is 0. The van der Waals surface area contributed by atoms with Crippen LogP contribution in [-0.2, 0) is 4.79 Å². The minimum absolute atomic E-state index is 0.371. The lowest BCUT2D eigenvalue weighted by atomic mass is 10.2. The van der Waals surface area contributed by atoms with E-state index < -0.39 is 0 Å². The number of nitrogens with zero attached hydrogens (tertiary/aromatic N) is 1. The summed E-state index contributed by atoms with van der Waals surface area (Å²) in [5.41, 5.74) is 0. The highest BCUT2D eigenvalue weighted by Gasteiger charge is 2.22. The summed E-state index contributed by atoms with van der Waals surface area (Å²) in [4.78, 5) is 13.8. The van der Waals surface area contributed by atoms with Crippen LogP contribution in [0.3, 0.4) is 0 Å². The zero-order valence-corrected chi connectivity index (χ0v) is 8.80. The van der Waals surface area contributed by atoms with E-state index in [4.69, 9.17) is 0 Å². The number of hydrogen-bond acceptors (Lipinski definition) is 2. The molecule has 80 valence electrons. The Morgan fingerprint density at radius 3 is 3.00 bits per heavy atom. The normalized spacial score (nSPS) is 29.3. The van der Waals surface area contributed by atoms with Crippen LogP contribution in [0.25, 0.3) is 0 Å². The van der Waals surface area contributed by atoms with Gasteiger partial charge >= 0.3 is 0 Å². The number of carbonyl (C=O) groups excluding carboxylic acids is 1. The Hall–Kier alpha value is -0.570. The van der Waals surface area contributed by atoms with Crippen LogP contribution in [0.1, 0.15) is 38.5 Å². The molecule has 0 aromatic heterocycles. The van der Waals surface area contributed by atoms with Crippen LogP contribution in [0.5, 0.6) is 0 Å². The fourth-order valence-electron chi connectivity index (χ4n) is 2.41. The first-order valence-corrected chi connectivity index (χ1v) is 5.87. The smallest absolute Gasteiger partial charge is 0.222 e. The molecule has 0 spiro atoms. The lowest BCUT2D eigenvalue weighted by Crippen LogP contribution is -2.40. The van der Waals surface area contributed by atoms with E-state index in [0.29, 0.717) is 11.9 Å². The van der Waals surface area contributed by atoms with Gasteiger partial charge in [-0.2, -0.15) is 0 Å². The second-order valence-corrected chi connectivity index (χ2v) is 4.44. The zero-order chi connectivity index (χ0) is 9.80.